The van der Waals surface area contributed by atoms with E-state index < -0.39 is 0 Å². The van der Waals surface area contributed by atoms with Gasteiger partial charge in [0.1, 0.15) is 5.82 Å². The molecule has 2 aromatic rings. The lowest BCUT2D eigenvalue weighted by atomic mass is 9.99. The molecule has 0 bridgehead atoms. The summed E-state index contributed by atoms with van der Waals surface area (Å²) in [6.45, 7) is 1.97. The van der Waals surface area contributed by atoms with Gasteiger partial charge in [-0.15, -0.1) is 0 Å². The molecule has 0 saturated carbocycles. The largest absolute Gasteiger partial charge is 0.398 e. The number of rotatable bonds is 1. The molecule has 0 aliphatic rings. The predicted octanol–water partition coefficient (Wildman–Crippen LogP) is 3.38. The smallest absolute Gasteiger partial charge is 0.123 e. The van der Waals surface area contributed by atoms with Gasteiger partial charge in [0.05, 0.1) is 0 Å². The second-order valence-corrected chi connectivity index (χ2v) is 3.53. The number of hydrogen-bond donors (Lipinski definition) is 1. The fourth-order valence-electron chi connectivity index (χ4n) is 1.60. The van der Waals surface area contributed by atoms with Gasteiger partial charge in [-0.1, -0.05) is 24.3 Å². The highest BCUT2D eigenvalue weighted by atomic mass is 19.1. The van der Waals surface area contributed by atoms with E-state index in [-0.39, 0.29) is 5.82 Å². The molecular weight excluding hydrogens is 189 g/mol. The van der Waals surface area contributed by atoms with Gasteiger partial charge in [0.25, 0.3) is 0 Å². The second-order valence-electron chi connectivity index (χ2n) is 3.53. The summed E-state index contributed by atoms with van der Waals surface area (Å²) in [6, 6.07) is 12.2. The molecule has 15 heavy (non-hydrogen) atoms. The van der Waals surface area contributed by atoms with Crippen LogP contribution in [0.4, 0.5) is 10.1 Å². The van der Waals surface area contributed by atoms with E-state index in [2.05, 4.69) is 0 Å². The first kappa shape index (κ1) is 9.71. The Balaban J connectivity index is 2.54. The lowest BCUT2D eigenvalue weighted by molar-refractivity contribution is 0.628. The zero-order chi connectivity index (χ0) is 10.8. The van der Waals surface area contributed by atoms with Gasteiger partial charge < -0.3 is 5.73 Å². The molecule has 0 atom stereocenters. The van der Waals surface area contributed by atoms with Crippen molar-refractivity contribution in [1.82, 2.24) is 0 Å². The third kappa shape index (κ3) is 1.84. The average Bonchev–Trinajstić information content (AvgIpc) is 2.24. The van der Waals surface area contributed by atoms with Crippen LogP contribution in [0, 0.1) is 12.7 Å². The minimum Gasteiger partial charge on any atom is -0.398 e. The fraction of sp³-hybridized carbons (Fsp3) is 0.0769. The van der Waals surface area contributed by atoms with Crippen molar-refractivity contribution >= 4 is 5.69 Å². The summed E-state index contributed by atoms with van der Waals surface area (Å²) in [4.78, 5) is 0. The van der Waals surface area contributed by atoms with Gasteiger partial charge in [0.15, 0.2) is 0 Å². The first-order valence-corrected chi connectivity index (χ1v) is 4.79. The minimum atomic E-state index is -0.222. The molecule has 0 fully saturated rings. The molecule has 0 aliphatic carbocycles. The van der Waals surface area contributed by atoms with Crippen LogP contribution in [0.1, 0.15) is 5.56 Å². The van der Waals surface area contributed by atoms with E-state index in [1.54, 1.807) is 12.1 Å². The van der Waals surface area contributed by atoms with Crippen LogP contribution in [-0.2, 0) is 0 Å². The Morgan fingerprint density at radius 1 is 1.00 bits per heavy atom. The third-order valence-electron chi connectivity index (χ3n) is 2.53. The molecule has 2 heteroatoms. The lowest BCUT2D eigenvalue weighted by Crippen LogP contribution is -1.91. The van der Waals surface area contributed by atoms with E-state index in [4.69, 9.17) is 5.73 Å². The number of benzene rings is 2. The van der Waals surface area contributed by atoms with E-state index in [0.29, 0.717) is 0 Å². The SMILES string of the molecule is Cc1c(N)cccc1-c1ccc(F)cc1. The van der Waals surface area contributed by atoms with Crippen LogP contribution >= 0.6 is 0 Å². The van der Waals surface area contributed by atoms with Crippen LogP contribution in [0.15, 0.2) is 42.5 Å². The molecule has 0 amide bonds. The molecular formula is C13H12FN. The van der Waals surface area contributed by atoms with Gasteiger partial charge in [-0.25, -0.2) is 4.39 Å². The molecule has 0 aromatic heterocycles. The summed E-state index contributed by atoms with van der Waals surface area (Å²) in [5.41, 5.74) is 9.64. The quantitative estimate of drug-likeness (QED) is 0.703. The molecule has 0 unspecified atom stereocenters. The lowest BCUT2D eigenvalue weighted by Gasteiger charge is -2.08. The van der Waals surface area contributed by atoms with E-state index in [9.17, 15) is 4.39 Å². The first-order valence-electron chi connectivity index (χ1n) is 4.79. The van der Waals surface area contributed by atoms with Crippen molar-refractivity contribution in [2.45, 2.75) is 6.92 Å². The van der Waals surface area contributed by atoms with Crippen molar-refractivity contribution in [3.63, 3.8) is 0 Å². The maximum absolute atomic E-state index is 12.8. The molecule has 2 rings (SSSR count). The highest BCUT2D eigenvalue weighted by Gasteiger charge is 2.03. The topological polar surface area (TPSA) is 26.0 Å². The van der Waals surface area contributed by atoms with Crippen molar-refractivity contribution in [2.24, 2.45) is 0 Å². The maximum Gasteiger partial charge on any atom is 0.123 e. The minimum absolute atomic E-state index is 0.222. The first-order chi connectivity index (χ1) is 7.18. The van der Waals surface area contributed by atoms with E-state index in [1.807, 2.05) is 25.1 Å². The van der Waals surface area contributed by atoms with E-state index >= 15 is 0 Å². The van der Waals surface area contributed by atoms with Gasteiger partial charge in [0, 0.05) is 5.69 Å². The number of nitrogen functional groups attached to an aromatic ring is 1. The van der Waals surface area contributed by atoms with Crippen molar-refractivity contribution in [3.05, 3.63) is 53.8 Å². The predicted molar refractivity (Wildman–Crippen MR) is 61.0 cm³/mol. The summed E-state index contributed by atoms with van der Waals surface area (Å²) in [7, 11) is 0. The van der Waals surface area contributed by atoms with Crippen LogP contribution in [0.5, 0.6) is 0 Å². The van der Waals surface area contributed by atoms with E-state index in [0.717, 1.165) is 22.4 Å². The van der Waals surface area contributed by atoms with Crippen molar-refractivity contribution in [3.8, 4) is 11.1 Å². The van der Waals surface area contributed by atoms with Gasteiger partial charge >= 0.3 is 0 Å². The molecule has 2 aromatic carbocycles. The summed E-state index contributed by atoms with van der Waals surface area (Å²) >= 11 is 0. The van der Waals surface area contributed by atoms with Gasteiger partial charge in [-0.2, -0.15) is 0 Å². The summed E-state index contributed by atoms with van der Waals surface area (Å²) in [5, 5.41) is 0. The molecule has 2 N–H and O–H groups in total. The Morgan fingerprint density at radius 2 is 1.67 bits per heavy atom. The second kappa shape index (κ2) is 3.73. The Hall–Kier alpha value is -1.83. The molecule has 0 saturated heterocycles. The third-order valence-corrected chi connectivity index (χ3v) is 2.53. The number of hydrogen-bond acceptors (Lipinski definition) is 1. The van der Waals surface area contributed by atoms with Crippen LogP contribution in [0.25, 0.3) is 11.1 Å². The molecule has 0 aliphatic heterocycles. The van der Waals surface area contributed by atoms with Gasteiger partial charge in [-0.05, 0) is 41.8 Å². The van der Waals surface area contributed by atoms with Crippen LogP contribution in [-0.4, -0.2) is 0 Å². The zero-order valence-electron chi connectivity index (χ0n) is 8.50. The monoisotopic (exact) mass is 201 g/mol. The highest BCUT2D eigenvalue weighted by Crippen LogP contribution is 2.26. The molecule has 0 radical (unpaired) electrons. The number of anilines is 1. The molecule has 1 nitrogen and oxygen atoms in total. The summed E-state index contributed by atoms with van der Waals surface area (Å²) < 4.78 is 12.8. The Kier molecular flexibility index (Phi) is 2.42. The van der Waals surface area contributed by atoms with Crippen LogP contribution in [0.3, 0.4) is 0 Å². The van der Waals surface area contributed by atoms with E-state index in [1.165, 1.54) is 12.1 Å². The maximum atomic E-state index is 12.8. The average molecular weight is 201 g/mol. The van der Waals surface area contributed by atoms with Crippen molar-refractivity contribution in [1.29, 1.82) is 0 Å². The van der Waals surface area contributed by atoms with Crippen molar-refractivity contribution < 1.29 is 4.39 Å². The molecule has 76 valence electrons. The Bertz CT molecular complexity index is 474. The van der Waals surface area contributed by atoms with Crippen LogP contribution in [0.2, 0.25) is 0 Å². The normalized spacial score (nSPS) is 10.3. The number of halogens is 1. The van der Waals surface area contributed by atoms with Gasteiger partial charge in [-0.3, -0.25) is 0 Å². The summed E-state index contributed by atoms with van der Waals surface area (Å²) in [6.07, 6.45) is 0. The number of nitrogens with two attached hydrogens (primary N) is 1. The van der Waals surface area contributed by atoms with Crippen LogP contribution < -0.4 is 5.73 Å². The Morgan fingerprint density at radius 3 is 2.33 bits per heavy atom. The summed E-state index contributed by atoms with van der Waals surface area (Å²) in [5.74, 6) is -0.222. The van der Waals surface area contributed by atoms with Gasteiger partial charge in [0.2, 0.25) is 0 Å². The molecule has 0 spiro atoms. The standard InChI is InChI=1S/C13H12FN/c1-9-12(3-2-4-13(9)15)10-5-7-11(14)8-6-10/h2-8H,15H2,1H3. The highest BCUT2D eigenvalue weighted by molar-refractivity contribution is 5.72. The zero-order valence-corrected chi connectivity index (χ0v) is 8.50. The fourth-order valence-corrected chi connectivity index (χ4v) is 1.60. The Labute approximate surface area is 88.4 Å². The van der Waals surface area contributed by atoms with Crippen molar-refractivity contribution in [2.75, 3.05) is 5.73 Å². The molecule has 0 heterocycles.